The zero-order valence-corrected chi connectivity index (χ0v) is 28.8. The van der Waals surface area contributed by atoms with Gasteiger partial charge in [-0.25, -0.2) is 31.8 Å². The summed E-state index contributed by atoms with van der Waals surface area (Å²) < 4.78 is 54.3. The lowest BCUT2D eigenvalue weighted by Gasteiger charge is -2.31. The van der Waals surface area contributed by atoms with Gasteiger partial charge in [0.1, 0.15) is 16.5 Å². The zero-order chi connectivity index (χ0) is 34.2. The molecule has 0 atom stereocenters. The Balaban J connectivity index is 1.14. The Morgan fingerprint density at radius 3 is 2.35 bits per heavy atom. The second kappa shape index (κ2) is 13.7. The predicted molar refractivity (Wildman–Crippen MR) is 184 cm³/mol. The summed E-state index contributed by atoms with van der Waals surface area (Å²) in [6.07, 6.45) is 12.4. The second-order valence-corrected chi connectivity index (χ2v) is 17.0. The van der Waals surface area contributed by atoms with E-state index in [9.17, 15) is 21.9 Å². The van der Waals surface area contributed by atoms with Crippen molar-refractivity contribution < 1.29 is 21.9 Å². The fraction of sp³-hybridized carbons (Fsp3) is 0.469. The molecule has 2 saturated carbocycles. The van der Waals surface area contributed by atoms with Gasteiger partial charge in [0.15, 0.2) is 5.82 Å². The lowest BCUT2D eigenvalue weighted by molar-refractivity contribution is 0.186. The molecular weight excluding hydrogens is 669 g/mol. The van der Waals surface area contributed by atoms with Gasteiger partial charge in [0, 0.05) is 74.7 Å². The Bertz CT molecular complexity index is 2000. The van der Waals surface area contributed by atoms with Crippen LogP contribution in [0.2, 0.25) is 0 Å². The molecular formula is C32H40N10O5S2. The summed E-state index contributed by atoms with van der Waals surface area (Å²) in [7, 11) is -5.19. The summed E-state index contributed by atoms with van der Waals surface area (Å²) >= 11 is 0. The standard InChI is InChI=1S/C32H40N10O5S2/c1-40-12-14-41(15-13-40)48(44,45)26-8-9-28(34-18-26)27-19-35-31(16-29(27)37-24-4-2-22(21-43)3-5-24)38-30-10-11-33-32(39-30)23-17-36-42(20-23)49(46,47)25-6-7-25/h8-11,16-20,22,24-25,43H,2-7,12-15,21H2,1H3,(H2,33,35,37,38,39). The van der Waals surface area contributed by atoms with Gasteiger partial charge < -0.3 is 20.6 Å². The smallest absolute Gasteiger partial charge is 0.256 e. The van der Waals surface area contributed by atoms with Gasteiger partial charge in [0.05, 0.1) is 28.9 Å². The number of sulfonamides is 1. The minimum Gasteiger partial charge on any atom is -0.396 e. The first kappa shape index (κ1) is 33.5. The summed E-state index contributed by atoms with van der Waals surface area (Å²) in [6, 6.07) is 7.03. The van der Waals surface area contributed by atoms with E-state index in [1.807, 2.05) is 13.1 Å². The molecule has 3 fully saturated rings. The highest BCUT2D eigenvalue weighted by atomic mass is 32.2. The number of rotatable bonds is 11. The maximum atomic E-state index is 13.3. The number of hydrogen-bond acceptors (Lipinski definition) is 13. The average molecular weight is 709 g/mol. The normalized spacial score (nSPS) is 21.0. The van der Waals surface area contributed by atoms with E-state index >= 15 is 0 Å². The van der Waals surface area contributed by atoms with Crippen molar-refractivity contribution in [3.8, 4) is 22.6 Å². The van der Waals surface area contributed by atoms with Crippen LogP contribution in [-0.2, 0) is 20.0 Å². The SMILES string of the molecule is CN1CCN(S(=O)(=O)c2ccc(-c3cnc(Nc4ccnc(-c5cnn(S(=O)(=O)C6CC6)c5)n4)cc3NC3CCC(CO)CC3)nc2)CC1. The van der Waals surface area contributed by atoms with Crippen LogP contribution in [0.5, 0.6) is 0 Å². The molecule has 0 aromatic carbocycles. The Morgan fingerprint density at radius 1 is 0.878 bits per heavy atom. The molecule has 49 heavy (non-hydrogen) atoms. The molecule has 5 heterocycles. The Morgan fingerprint density at radius 2 is 1.65 bits per heavy atom. The van der Waals surface area contributed by atoms with Crippen molar-refractivity contribution in [3.05, 3.63) is 55.2 Å². The number of nitrogens with zero attached hydrogens (tertiary/aromatic N) is 8. The number of likely N-dealkylation sites (N-methyl/N-ethyl adjacent to an activating group) is 1. The van der Waals surface area contributed by atoms with E-state index in [2.05, 4.69) is 40.6 Å². The van der Waals surface area contributed by atoms with E-state index in [-0.39, 0.29) is 22.8 Å². The maximum absolute atomic E-state index is 13.3. The van der Waals surface area contributed by atoms with Gasteiger partial charge in [-0.15, -0.1) is 0 Å². The van der Waals surface area contributed by atoms with E-state index < -0.39 is 20.0 Å². The molecule has 7 rings (SSSR count). The van der Waals surface area contributed by atoms with Crippen molar-refractivity contribution in [2.24, 2.45) is 5.92 Å². The Kier molecular flexibility index (Phi) is 9.36. The molecule has 17 heteroatoms. The van der Waals surface area contributed by atoms with Crippen LogP contribution in [0.25, 0.3) is 22.6 Å². The minimum absolute atomic E-state index is 0.152. The van der Waals surface area contributed by atoms with Gasteiger partial charge in [-0.3, -0.25) is 4.98 Å². The molecule has 0 bridgehead atoms. The molecule has 4 aromatic rings. The van der Waals surface area contributed by atoms with Crippen LogP contribution in [-0.4, -0.2) is 111 Å². The number of aliphatic hydroxyl groups is 1. The molecule has 4 aromatic heterocycles. The van der Waals surface area contributed by atoms with Crippen molar-refractivity contribution >= 4 is 37.4 Å². The second-order valence-electron chi connectivity index (χ2n) is 13.0. The fourth-order valence-corrected chi connectivity index (χ4v) is 9.05. The zero-order valence-electron chi connectivity index (χ0n) is 27.2. The van der Waals surface area contributed by atoms with Crippen molar-refractivity contribution in [1.29, 1.82) is 0 Å². The third kappa shape index (κ3) is 7.30. The van der Waals surface area contributed by atoms with Crippen LogP contribution in [0.1, 0.15) is 38.5 Å². The number of pyridine rings is 2. The van der Waals surface area contributed by atoms with Crippen molar-refractivity contribution in [2.45, 2.75) is 54.7 Å². The number of aliphatic hydroxyl groups excluding tert-OH is 1. The quantitative estimate of drug-likeness (QED) is 0.207. The summed E-state index contributed by atoms with van der Waals surface area (Å²) in [4.78, 5) is 20.4. The van der Waals surface area contributed by atoms with Crippen molar-refractivity contribution in [2.75, 3.05) is 50.5 Å². The lowest BCUT2D eigenvalue weighted by Crippen LogP contribution is -2.47. The molecule has 260 valence electrons. The molecule has 15 nitrogen and oxygen atoms in total. The topological polar surface area (TPSA) is 188 Å². The third-order valence-corrected chi connectivity index (χ3v) is 13.3. The number of piperazine rings is 1. The van der Waals surface area contributed by atoms with Gasteiger partial charge in [-0.1, -0.05) is 0 Å². The number of hydrogen-bond donors (Lipinski definition) is 3. The van der Waals surface area contributed by atoms with Crippen LogP contribution in [0.15, 0.2) is 60.1 Å². The van der Waals surface area contributed by atoms with Crippen LogP contribution in [0, 0.1) is 5.92 Å². The Labute approximate surface area is 285 Å². The molecule has 0 amide bonds. The largest absolute Gasteiger partial charge is 0.396 e. The molecule has 0 unspecified atom stereocenters. The minimum atomic E-state index is -3.66. The van der Waals surface area contributed by atoms with Gasteiger partial charge in [0.2, 0.25) is 10.0 Å². The Hall–Kier alpha value is -4.03. The number of aromatic nitrogens is 6. The first-order chi connectivity index (χ1) is 23.6. The molecule has 2 aliphatic carbocycles. The third-order valence-electron chi connectivity index (χ3n) is 9.42. The van der Waals surface area contributed by atoms with E-state index in [1.54, 1.807) is 30.6 Å². The number of anilines is 3. The maximum Gasteiger partial charge on any atom is 0.256 e. The van der Waals surface area contributed by atoms with Crippen molar-refractivity contribution in [1.82, 2.24) is 38.3 Å². The molecule has 1 aliphatic heterocycles. The first-order valence-corrected chi connectivity index (χ1v) is 19.5. The molecule has 3 aliphatic rings. The lowest BCUT2D eigenvalue weighted by atomic mass is 9.86. The molecule has 1 saturated heterocycles. The summed E-state index contributed by atoms with van der Waals surface area (Å²) in [5, 5.41) is 20.2. The molecule has 0 radical (unpaired) electrons. The highest BCUT2D eigenvalue weighted by molar-refractivity contribution is 7.90. The monoisotopic (exact) mass is 708 g/mol. The summed E-state index contributed by atoms with van der Waals surface area (Å²) in [5.74, 6) is 1.57. The highest BCUT2D eigenvalue weighted by Gasteiger charge is 2.38. The first-order valence-electron chi connectivity index (χ1n) is 16.5. The predicted octanol–water partition coefficient (Wildman–Crippen LogP) is 2.78. The van der Waals surface area contributed by atoms with E-state index in [1.165, 1.54) is 22.9 Å². The van der Waals surface area contributed by atoms with Crippen LogP contribution < -0.4 is 10.6 Å². The number of nitrogens with one attached hydrogen (secondary N) is 2. The summed E-state index contributed by atoms with van der Waals surface area (Å²) in [6.45, 7) is 2.42. The van der Waals surface area contributed by atoms with Crippen LogP contribution >= 0.6 is 0 Å². The van der Waals surface area contributed by atoms with Gasteiger partial charge >= 0.3 is 0 Å². The van der Waals surface area contributed by atoms with Crippen LogP contribution in [0.3, 0.4) is 0 Å². The van der Waals surface area contributed by atoms with Crippen LogP contribution in [0.4, 0.5) is 17.3 Å². The summed E-state index contributed by atoms with van der Waals surface area (Å²) in [5.41, 5.74) is 2.53. The van der Waals surface area contributed by atoms with Gasteiger partial charge in [-0.2, -0.15) is 13.5 Å². The molecule has 3 N–H and O–H groups in total. The van der Waals surface area contributed by atoms with E-state index in [0.29, 0.717) is 79.2 Å². The fourth-order valence-electron chi connectivity index (χ4n) is 6.20. The van der Waals surface area contributed by atoms with Gasteiger partial charge in [-0.05, 0) is 69.7 Å². The molecule has 0 spiro atoms. The van der Waals surface area contributed by atoms with E-state index in [4.69, 9.17) is 0 Å². The van der Waals surface area contributed by atoms with Crippen molar-refractivity contribution in [3.63, 3.8) is 0 Å². The van der Waals surface area contributed by atoms with Gasteiger partial charge in [0.25, 0.3) is 10.0 Å². The van der Waals surface area contributed by atoms with E-state index in [0.717, 1.165) is 35.5 Å². The average Bonchev–Trinajstić information content (AvgIpc) is 3.86. The highest BCUT2D eigenvalue weighted by Crippen LogP contribution is 2.34.